The number of nitrogens with one attached hydrogen (secondary N) is 1. The molecule has 0 bridgehead atoms. The molecule has 3 atom stereocenters. The van der Waals surface area contributed by atoms with Crippen LogP contribution in [0.2, 0.25) is 0 Å². The Kier molecular flexibility index (Phi) is 5.26. The lowest BCUT2D eigenvalue weighted by atomic mass is 9.99. The van der Waals surface area contributed by atoms with Crippen molar-refractivity contribution in [3.05, 3.63) is 0 Å². The molecule has 0 spiro atoms. The number of hydrogen-bond acceptors (Lipinski definition) is 3. The lowest BCUT2D eigenvalue weighted by molar-refractivity contribution is 0.0634. The van der Waals surface area contributed by atoms with Gasteiger partial charge in [-0.1, -0.05) is 26.7 Å². The van der Waals surface area contributed by atoms with Gasteiger partial charge >= 0.3 is 0 Å². The van der Waals surface area contributed by atoms with Gasteiger partial charge in [-0.25, -0.2) is 0 Å². The first kappa shape index (κ1) is 13.3. The third kappa shape index (κ3) is 3.43. The molecule has 0 aromatic heterocycles. The third-order valence-electron chi connectivity index (χ3n) is 4.18. The molecule has 2 aliphatic heterocycles. The SMILES string of the molecule is CCCC1CN(C2CCOC2)C(CCC)CN1. The summed E-state index contributed by atoms with van der Waals surface area (Å²) in [6.45, 7) is 8.90. The summed E-state index contributed by atoms with van der Waals surface area (Å²) in [5.41, 5.74) is 0. The van der Waals surface area contributed by atoms with Gasteiger partial charge in [0.05, 0.1) is 6.61 Å². The maximum atomic E-state index is 5.57. The molecule has 17 heavy (non-hydrogen) atoms. The first-order chi connectivity index (χ1) is 8.35. The average molecular weight is 240 g/mol. The van der Waals surface area contributed by atoms with Crippen LogP contribution in [0.15, 0.2) is 0 Å². The molecular weight excluding hydrogens is 212 g/mol. The van der Waals surface area contributed by atoms with Gasteiger partial charge in [0, 0.05) is 37.8 Å². The molecule has 2 heterocycles. The number of rotatable bonds is 5. The Morgan fingerprint density at radius 2 is 2.06 bits per heavy atom. The van der Waals surface area contributed by atoms with Crippen LogP contribution in [-0.4, -0.2) is 49.3 Å². The molecule has 2 rings (SSSR count). The van der Waals surface area contributed by atoms with Crippen LogP contribution in [0.1, 0.15) is 46.0 Å². The van der Waals surface area contributed by atoms with E-state index in [4.69, 9.17) is 4.74 Å². The molecule has 2 saturated heterocycles. The summed E-state index contributed by atoms with van der Waals surface area (Å²) in [4.78, 5) is 2.74. The molecule has 0 saturated carbocycles. The minimum atomic E-state index is 0.688. The maximum Gasteiger partial charge on any atom is 0.0622 e. The number of nitrogens with zero attached hydrogens (tertiary/aromatic N) is 1. The highest BCUT2D eigenvalue weighted by Gasteiger charge is 2.33. The second kappa shape index (κ2) is 6.72. The number of ether oxygens (including phenoxy) is 1. The van der Waals surface area contributed by atoms with Gasteiger partial charge in [-0.15, -0.1) is 0 Å². The highest BCUT2D eigenvalue weighted by Crippen LogP contribution is 2.22. The molecule has 2 aliphatic rings. The maximum absolute atomic E-state index is 5.57. The molecule has 0 aromatic carbocycles. The average Bonchev–Trinajstić information content (AvgIpc) is 2.85. The minimum absolute atomic E-state index is 0.688. The van der Waals surface area contributed by atoms with Crippen molar-refractivity contribution in [1.29, 1.82) is 0 Å². The van der Waals surface area contributed by atoms with E-state index in [2.05, 4.69) is 24.1 Å². The van der Waals surface area contributed by atoms with Gasteiger partial charge < -0.3 is 10.1 Å². The molecule has 3 heteroatoms. The molecule has 0 aromatic rings. The van der Waals surface area contributed by atoms with E-state index in [9.17, 15) is 0 Å². The Balaban J connectivity index is 1.93. The van der Waals surface area contributed by atoms with Gasteiger partial charge in [-0.05, 0) is 19.3 Å². The highest BCUT2D eigenvalue weighted by atomic mass is 16.5. The molecule has 100 valence electrons. The Morgan fingerprint density at radius 3 is 2.71 bits per heavy atom. The molecule has 3 unspecified atom stereocenters. The van der Waals surface area contributed by atoms with Crippen LogP contribution in [0, 0.1) is 0 Å². The second-order valence-corrected chi connectivity index (χ2v) is 5.55. The predicted molar refractivity (Wildman–Crippen MR) is 71.3 cm³/mol. The molecule has 1 N–H and O–H groups in total. The van der Waals surface area contributed by atoms with Crippen molar-refractivity contribution in [3.63, 3.8) is 0 Å². The van der Waals surface area contributed by atoms with Crippen LogP contribution in [0.5, 0.6) is 0 Å². The summed E-state index contributed by atoms with van der Waals surface area (Å²) < 4.78 is 5.57. The molecule has 0 amide bonds. The summed E-state index contributed by atoms with van der Waals surface area (Å²) in [7, 11) is 0. The van der Waals surface area contributed by atoms with Gasteiger partial charge in [0.2, 0.25) is 0 Å². The highest BCUT2D eigenvalue weighted by molar-refractivity contribution is 4.90. The van der Waals surface area contributed by atoms with E-state index in [1.54, 1.807) is 0 Å². The monoisotopic (exact) mass is 240 g/mol. The summed E-state index contributed by atoms with van der Waals surface area (Å²) in [5.74, 6) is 0. The van der Waals surface area contributed by atoms with E-state index in [-0.39, 0.29) is 0 Å². The Morgan fingerprint density at radius 1 is 1.24 bits per heavy atom. The zero-order valence-electron chi connectivity index (χ0n) is 11.5. The van der Waals surface area contributed by atoms with Crippen LogP contribution >= 0.6 is 0 Å². The molecule has 0 aliphatic carbocycles. The van der Waals surface area contributed by atoms with Crippen LogP contribution in [0.3, 0.4) is 0 Å². The fourth-order valence-electron chi connectivity index (χ4n) is 3.26. The zero-order valence-corrected chi connectivity index (χ0v) is 11.5. The Bertz CT molecular complexity index is 216. The molecule has 0 radical (unpaired) electrons. The van der Waals surface area contributed by atoms with Gasteiger partial charge in [0.25, 0.3) is 0 Å². The van der Waals surface area contributed by atoms with E-state index < -0.39 is 0 Å². The number of piperazine rings is 1. The van der Waals surface area contributed by atoms with Crippen molar-refractivity contribution in [2.45, 2.75) is 64.1 Å². The van der Waals surface area contributed by atoms with Gasteiger partial charge in [-0.3, -0.25) is 4.90 Å². The lowest BCUT2D eigenvalue weighted by Gasteiger charge is -2.43. The molecule has 3 nitrogen and oxygen atoms in total. The quantitative estimate of drug-likeness (QED) is 0.795. The smallest absolute Gasteiger partial charge is 0.0622 e. The molecular formula is C14H28N2O. The van der Waals surface area contributed by atoms with Crippen LogP contribution < -0.4 is 5.32 Å². The number of hydrogen-bond donors (Lipinski definition) is 1. The zero-order chi connectivity index (χ0) is 12.1. The van der Waals surface area contributed by atoms with Crippen molar-refractivity contribution >= 4 is 0 Å². The topological polar surface area (TPSA) is 24.5 Å². The van der Waals surface area contributed by atoms with Gasteiger partial charge in [0.1, 0.15) is 0 Å². The summed E-state index contributed by atoms with van der Waals surface area (Å²) >= 11 is 0. The van der Waals surface area contributed by atoms with E-state index in [1.807, 2.05) is 0 Å². The van der Waals surface area contributed by atoms with E-state index in [1.165, 1.54) is 45.2 Å². The fourth-order valence-corrected chi connectivity index (χ4v) is 3.26. The largest absolute Gasteiger partial charge is 0.380 e. The lowest BCUT2D eigenvalue weighted by Crippen LogP contribution is -2.59. The summed E-state index contributed by atoms with van der Waals surface area (Å²) in [6.07, 6.45) is 6.43. The summed E-state index contributed by atoms with van der Waals surface area (Å²) in [5, 5.41) is 3.73. The normalized spacial score (nSPS) is 35.3. The Labute approximate surface area is 106 Å². The van der Waals surface area contributed by atoms with E-state index in [0.717, 1.165) is 19.3 Å². The standard InChI is InChI=1S/C14H28N2O/c1-3-5-12-10-16(14-7-8-17-11-14)13(6-4-2)9-15-12/h12-15H,3-11H2,1-2H3. The van der Waals surface area contributed by atoms with Crippen LogP contribution in [0.4, 0.5) is 0 Å². The van der Waals surface area contributed by atoms with E-state index >= 15 is 0 Å². The van der Waals surface area contributed by atoms with Gasteiger partial charge in [0.15, 0.2) is 0 Å². The predicted octanol–water partition coefficient (Wildman–Crippen LogP) is 2.02. The van der Waals surface area contributed by atoms with Crippen molar-refractivity contribution in [2.24, 2.45) is 0 Å². The first-order valence-corrected chi connectivity index (χ1v) is 7.42. The van der Waals surface area contributed by atoms with Crippen molar-refractivity contribution < 1.29 is 4.74 Å². The van der Waals surface area contributed by atoms with Crippen molar-refractivity contribution in [3.8, 4) is 0 Å². The van der Waals surface area contributed by atoms with Crippen molar-refractivity contribution in [1.82, 2.24) is 10.2 Å². The fraction of sp³-hybridized carbons (Fsp3) is 1.00. The van der Waals surface area contributed by atoms with Crippen LogP contribution in [-0.2, 0) is 4.74 Å². The second-order valence-electron chi connectivity index (χ2n) is 5.55. The van der Waals surface area contributed by atoms with Crippen LogP contribution in [0.25, 0.3) is 0 Å². The summed E-state index contributed by atoms with van der Waals surface area (Å²) in [6, 6.07) is 2.13. The van der Waals surface area contributed by atoms with E-state index in [0.29, 0.717) is 12.1 Å². The third-order valence-corrected chi connectivity index (χ3v) is 4.18. The van der Waals surface area contributed by atoms with Crippen molar-refractivity contribution in [2.75, 3.05) is 26.3 Å². The molecule has 2 fully saturated rings. The Hall–Kier alpha value is -0.120. The first-order valence-electron chi connectivity index (χ1n) is 7.42. The minimum Gasteiger partial charge on any atom is -0.380 e. The van der Waals surface area contributed by atoms with Gasteiger partial charge in [-0.2, -0.15) is 0 Å².